The Morgan fingerprint density at radius 3 is 2.72 bits per heavy atom. The summed E-state index contributed by atoms with van der Waals surface area (Å²) >= 11 is 0. The number of likely N-dealkylation sites (tertiary alicyclic amines) is 1. The lowest BCUT2D eigenvalue weighted by molar-refractivity contribution is -0.149. The summed E-state index contributed by atoms with van der Waals surface area (Å²) in [5, 5.41) is 24.2. The number of fused-ring (bicyclic) bond motifs is 1. The first-order valence-electron chi connectivity index (χ1n) is 10.3. The second-order valence-corrected chi connectivity index (χ2v) is 7.72. The third-order valence-corrected chi connectivity index (χ3v) is 5.51. The topological polar surface area (TPSA) is 178 Å². The molecule has 3 unspecified atom stereocenters. The summed E-state index contributed by atoms with van der Waals surface area (Å²) < 4.78 is 0. The molecule has 0 spiro atoms. The van der Waals surface area contributed by atoms with E-state index >= 15 is 0 Å². The predicted octanol–water partition coefficient (Wildman–Crippen LogP) is -1.29. The smallest absolute Gasteiger partial charge is 0.326 e. The molecule has 1 aromatic heterocycles. The van der Waals surface area contributed by atoms with E-state index in [1.165, 1.54) is 4.90 Å². The van der Waals surface area contributed by atoms with Crippen LogP contribution < -0.4 is 16.4 Å². The van der Waals surface area contributed by atoms with Gasteiger partial charge in [0.1, 0.15) is 18.1 Å². The summed E-state index contributed by atoms with van der Waals surface area (Å²) in [7, 11) is 0. The number of hydrogen-bond donors (Lipinski definition) is 6. The van der Waals surface area contributed by atoms with Crippen molar-refractivity contribution in [1.29, 1.82) is 0 Å². The van der Waals surface area contributed by atoms with E-state index in [2.05, 4.69) is 15.6 Å². The van der Waals surface area contributed by atoms with Crippen LogP contribution in [0.2, 0.25) is 0 Å². The highest BCUT2D eigenvalue weighted by Gasteiger charge is 2.37. The lowest BCUT2D eigenvalue weighted by atomic mass is 10.0. The van der Waals surface area contributed by atoms with Crippen molar-refractivity contribution in [3.05, 3.63) is 36.0 Å². The number of carboxylic acid groups (broad SMARTS) is 1. The van der Waals surface area contributed by atoms with Crippen LogP contribution in [0.15, 0.2) is 30.5 Å². The number of carboxylic acids is 1. The number of nitrogens with two attached hydrogens (primary N) is 1. The zero-order valence-corrected chi connectivity index (χ0v) is 17.4. The molecule has 1 aromatic carbocycles. The SMILES string of the molecule is NC(CO)C(=O)NCC(=O)NC(Cc1c[nH]c2ccccc12)C(=O)N1CCCC1C(=O)O. The molecule has 0 aliphatic carbocycles. The number of amides is 3. The minimum Gasteiger partial charge on any atom is -0.480 e. The molecule has 3 atom stereocenters. The lowest BCUT2D eigenvalue weighted by Crippen LogP contribution is -2.54. The van der Waals surface area contributed by atoms with Crippen molar-refractivity contribution in [3.63, 3.8) is 0 Å². The molecule has 0 radical (unpaired) electrons. The van der Waals surface area contributed by atoms with Gasteiger partial charge in [-0.1, -0.05) is 18.2 Å². The highest BCUT2D eigenvalue weighted by atomic mass is 16.4. The van der Waals surface area contributed by atoms with Crippen molar-refractivity contribution in [2.75, 3.05) is 19.7 Å². The van der Waals surface area contributed by atoms with Gasteiger partial charge >= 0.3 is 5.97 Å². The molecular formula is C21H27N5O6. The molecule has 3 amide bonds. The number of hydrogen-bond acceptors (Lipinski definition) is 6. The average molecular weight is 445 g/mol. The van der Waals surface area contributed by atoms with E-state index in [0.717, 1.165) is 16.5 Å². The Hall–Kier alpha value is -3.44. The molecule has 32 heavy (non-hydrogen) atoms. The number of nitrogens with one attached hydrogen (secondary N) is 3. The van der Waals surface area contributed by atoms with Gasteiger partial charge in [0.05, 0.1) is 13.2 Å². The summed E-state index contributed by atoms with van der Waals surface area (Å²) in [6.45, 7) is -0.717. The maximum atomic E-state index is 13.2. The molecule has 1 aliphatic heterocycles. The fourth-order valence-electron chi connectivity index (χ4n) is 3.83. The van der Waals surface area contributed by atoms with Crippen molar-refractivity contribution in [3.8, 4) is 0 Å². The summed E-state index contributed by atoms with van der Waals surface area (Å²) in [5.74, 6) is -2.91. The van der Waals surface area contributed by atoms with Crippen molar-refractivity contribution < 1.29 is 29.4 Å². The largest absolute Gasteiger partial charge is 0.480 e. The summed E-state index contributed by atoms with van der Waals surface area (Å²) in [6, 6.07) is 4.38. The van der Waals surface area contributed by atoms with Gasteiger partial charge in [-0.3, -0.25) is 14.4 Å². The molecule has 2 heterocycles. The third kappa shape index (κ3) is 5.24. The maximum absolute atomic E-state index is 13.2. The molecule has 1 aliphatic rings. The van der Waals surface area contributed by atoms with E-state index in [1.807, 2.05) is 24.3 Å². The molecule has 7 N–H and O–H groups in total. The molecule has 11 heteroatoms. The van der Waals surface area contributed by atoms with Gasteiger partial charge < -0.3 is 36.5 Å². The highest BCUT2D eigenvalue weighted by Crippen LogP contribution is 2.22. The van der Waals surface area contributed by atoms with E-state index in [-0.39, 0.29) is 13.0 Å². The minimum absolute atomic E-state index is 0.140. The molecule has 1 fully saturated rings. The molecule has 0 saturated carbocycles. The zero-order chi connectivity index (χ0) is 23.3. The number of nitrogens with zero attached hydrogens (tertiary/aromatic N) is 1. The monoisotopic (exact) mass is 445 g/mol. The number of aliphatic carboxylic acids is 1. The third-order valence-electron chi connectivity index (χ3n) is 5.51. The number of rotatable bonds is 9. The summed E-state index contributed by atoms with van der Waals surface area (Å²) in [6.07, 6.45) is 2.80. The number of aliphatic hydroxyl groups excluding tert-OH is 1. The van der Waals surface area contributed by atoms with Crippen LogP contribution in [0.5, 0.6) is 0 Å². The number of para-hydroxylation sites is 1. The number of aromatic nitrogens is 1. The number of carbonyl (C=O) groups excluding carboxylic acids is 3. The van der Waals surface area contributed by atoms with Crippen molar-refractivity contribution in [2.45, 2.75) is 37.4 Å². The second-order valence-electron chi connectivity index (χ2n) is 7.72. The minimum atomic E-state index is -1.16. The van der Waals surface area contributed by atoms with Gasteiger partial charge in [-0.25, -0.2) is 4.79 Å². The Kier molecular flexibility index (Phi) is 7.44. The van der Waals surface area contributed by atoms with E-state index < -0.39 is 55.0 Å². The predicted molar refractivity (Wildman–Crippen MR) is 114 cm³/mol. The Morgan fingerprint density at radius 2 is 2.00 bits per heavy atom. The number of aliphatic hydroxyl groups is 1. The van der Waals surface area contributed by atoms with Gasteiger partial charge in [0.2, 0.25) is 17.7 Å². The van der Waals surface area contributed by atoms with Gasteiger partial charge in [-0.15, -0.1) is 0 Å². The standard InChI is InChI=1S/C21H27N5O6/c22-14(11-27)19(29)24-10-18(28)25-16(20(30)26-7-3-6-17(26)21(31)32)8-12-9-23-15-5-2-1-4-13(12)15/h1-2,4-5,9,14,16-17,23,27H,3,6-8,10-11,22H2,(H,24,29)(H,25,28)(H,31,32). The van der Waals surface area contributed by atoms with Crippen LogP contribution in [0.3, 0.4) is 0 Å². The molecular weight excluding hydrogens is 418 g/mol. The maximum Gasteiger partial charge on any atom is 0.326 e. The highest BCUT2D eigenvalue weighted by molar-refractivity contribution is 5.93. The van der Waals surface area contributed by atoms with Crippen molar-refractivity contribution in [2.24, 2.45) is 5.73 Å². The summed E-state index contributed by atoms with van der Waals surface area (Å²) in [4.78, 5) is 53.4. The fraction of sp³-hybridized carbons (Fsp3) is 0.429. The van der Waals surface area contributed by atoms with Gasteiger partial charge in [-0.05, 0) is 24.5 Å². The normalized spacial score (nSPS) is 17.7. The molecule has 2 aromatic rings. The van der Waals surface area contributed by atoms with Crippen LogP contribution in [0.4, 0.5) is 0 Å². The van der Waals surface area contributed by atoms with E-state index in [4.69, 9.17) is 10.8 Å². The molecule has 0 bridgehead atoms. The molecule has 3 rings (SSSR count). The number of carbonyl (C=O) groups is 4. The number of H-pyrrole nitrogens is 1. The van der Waals surface area contributed by atoms with Crippen molar-refractivity contribution >= 4 is 34.6 Å². The first-order chi connectivity index (χ1) is 15.3. The van der Waals surface area contributed by atoms with Crippen molar-refractivity contribution in [1.82, 2.24) is 20.5 Å². The average Bonchev–Trinajstić information content (AvgIpc) is 3.43. The Balaban J connectivity index is 1.77. The van der Waals surface area contributed by atoms with E-state index in [1.54, 1.807) is 6.20 Å². The van der Waals surface area contributed by atoms with Crippen LogP contribution in [0.1, 0.15) is 18.4 Å². The summed E-state index contributed by atoms with van der Waals surface area (Å²) in [5.41, 5.74) is 7.07. The van der Waals surface area contributed by atoms with E-state index in [9.17, 15) is 24.3 Å². The van der Waals surface area contributed by atoms with Gasteiger partial charge in [0, 0.05) is 30.1 Å². The van der Waals surface area contributed by atoms with E-state index in [0.29, 0.717) is 12.8 Å². The van der Waals surface area contributed by atoms with Crippen LogP contribution in [0, 0.1) is 0 Å². The number of benzene rings is 1. The first-order valence-corrected chi connectivity index (χ1v) is 10.3. The van der Waals surface area contributed by atoms with Crippen LogP contribution in [0.25, 0.3) is 10.9 Å². The second kappa shape index (κ2) is 10.2. The molecule has 172 valence electrons. The van der Waals surface area contributed by atoms with Crippen LogP contribution in [-0.4, -0.2) is 81.6 Å². The van der Waals surface area contributed by atoms with Gasteiger partial charge in [-0.2, -0.15) is 0 Å². The first kappa shape index (κ1) is 23.2. The Morgan fingerprint density at radius 1 is 1.25 bits per heavy atom. The zero-order valence-electron chi connectivity index (χ0n) is 17.4. The fourth-order valence-corrected chi connectivity index (χ4v) is 3.83. The quantitative estimate of drug-likeness (QED) is 0.278. The van der Waals surface area contributed by atoms with Crippen LogP contribution >= 0.6 is 0 Å². The van der Waals surface area contributed by atoms with Crippen LogP contribution in [-0.2, 0) is 25.6 Å². The number of aromatic amines is 1. The van der Waals surface area contributed by atoms with Gasteiger partial charge in [0.25, 0.3) is 0 Å². The molecule has 11 nitrogen and oxygen atoms in total. The Labute approximate surface area is 183 Å². The molecule has 1 saturated heterocycles. The lowest BCUT2D eigenvalue weighted by Gasteiger charge is -2.27. The van der Waals surface area contributed by atoms with Gasteiger partial charge in [0.15, 0.2) is 0 Å². The Bertz CT molecular complexity index is 1010.